The molecule has 0 aliphatic heterocycles. The number of hydrogen-bond donors (Lipinski definition) is 2. The largest absolute Gasteiger partial charge is 0.396 e. The summed E-state index contributed by atoms with van der Waals surface area (Å²) >= 11 is 0. The monoisotopic (exact) mass is 273 g/mol. The maximum absolute atomic E-state index is 13.1. The Labute approximate surface area is 116 Å². The highest BCUT2D eigenvalue weighted by Gasteiger charge is 2.23. The second-order valence-electron chi connectivity index (χ2n) is 5.08. The van der Waals surface area contributed by atoms with Gasteiger partial charge in [-0.1, -0.05) is 0 Å². The first-order valence-corrected chi connectivity index (χ1v) is 6.68. The predicted octanol–water partition coefficient (Wildman–Crippen LogP) is 3.19. The van der Waals surface area contributed by atoms with Crippen molar-refractivity contribution in [2.75, 3.05) is 11.1 Å². The summed E-state index contributed by atoms with van der Waals surface area (Å²) in [6.07, 6.45) is 5.35. The number of amides is 1. The number of carbonyl (C=O) groups excluding carboxylic acids is 1. The second-order valence-corrected chi connectivity index (χ2v) is 5.08. The van der Waals surface area contributed by atoms with Crippen molar-refractivity contribution >= 4 is 17.3 Å². The Morgan fingerprint density at radius 2 is 2.15 bits per heavy atom. The zero-order valence-corrected chi connectivity index (χ0v) is 11.0. The van der Waals surface area contributed by atoms with Crippen molar-refractivity contribution in [2.45, 2.75) is 25.3 Å². The fourth-order valence-electron chi connectivity index (χ4n) is 2.39. The third kappa shape index (κ3) is 2.27. The van der Waals surface area contributed by atoms with Crippen LogP contribution in [0.15, 0.2) is 36.5 Å². The van der Waals surface area contributed by atoms with Crippen LogP contribution >= 0.6 is 0 Å². The lowest BCUT2D eigenvalue weighted by Crippen LogP contribution is -2.23. The van der Waals surface area contributed by atoms with E-state index in [1.807, 2.05) is 16.8 Å². The van der Waals surface area contributed by atoms with Gasteiger partial charge in [0.25, 0.3) is 5.91 Å². The van der Waals surface area contributed by atoms with Gasteiger partial charge >= 0.3 is 0 Å². The molecule has 4 nitrogen and oxygen atoms in total. The number of nitrogens with one attached hydrogen (secondary N) is 1. The van der Waals surface area contributed by atoms with Gasteiger partial charge in [-0.25, -0.2) is 4.39 Å². The van der Waals surface area contributed by atoms with E-state index in [-0.39, 0.29) is 11.6 Å². The SMILES string of the molecule is Nc1cc(NC(=O)c2cccn2C2CCC2)ccc1F. The molecule has 0 atom stereocenters. The summed E-state index contributed by atoms with van der Waals surface area (Å²) in [6.45, 7) is 0. The molecule has 0 radical (unpaired) electrons. The summed E-state index contributed by atoms with van der Waals surface area (Å²) in [5.74, 6) is -0.686. The van der Waals surface area contributed by atoms with Gasteiger partial charge in [-0.3, -0.25) is 4.79 Å². The molecule has 1 aliphatic carbocycles. The van der Waals surface area contributed by atoms with E-state index in [1.54, 1.807) is 6.07 Å². The number of hydrogen-bond acceptors (Lipinski definition) is 2. The van der Waals surface area contributed by atoms with E-state index in [0.717, 1.165) is 12.8 Å². The molecule has 1 saturated carbocycles. The summed E-state index contributed by atoms with van der Waals surface area (Å²) in [5, 5.41) is 2.75. The zero-order chi connectivity index (χ0) is 14.1. The van der Waals surface area contributed by atoms with E-state index in [4.69, 9.17) is 5.73 Å². The van der Waals surface area contributed by atoms with Crippen molar-refractivity contribution in [3.63, 3.8) is 0 Å². The van der Waals surface area contributed by atoms with Crippen LogP contribution in [-0.4, -0.2) is 10.5 Å². The number of aromatic nitrogens is 1. The molecule has 3 rings (SSSR count). The highest BCUT2D eigenvalue weighted by atomic mass is 19.1. The fourth-order valence-corrected chi connectivity index (χ4v) is 2.39. The molecular weight excluding hydrogens is 257 g/mol. The molecule has 20 heavy (non-hydrogen) atoms. The van der Waals surface area contributed by atoms with E-state index in [1.165, 1.54) is 24.6 Å². The smallest absolute Gasteiger partial charge is 0.272 e. The first kappa shape index (κ1) is 12.7. The van der Waals surface area contributed by atoms with Gasteiger partial charge in [0.2, 0.25) is 0 Å². The average molecular weight is 273 g/mol. The van der Waals surface area contributed by atoms with Crippen molar-refractivity contribution in [1.82, 2.24) is 4.57 Å². The molecule has 0 spiro atoms. The summed E-state index contributed by atoms with van der Waals surface area (Å²) in [6, 6.07) is 8.25. The molecule has 3 N–H and O–H groups in total. The summed E-state index contributed by atoms with van der Waals surface area (Å²) in [4.78, 5) is 12.3. The Balaban J connectivity index is 1.79. The Morgan fingerprint density at radius 1 is 1.35 bits per heavy atom. The van der Waals surface area contributed by atoms with E-state index in [2.05, 4.69) is 5.32 Å². The molecule has 0 saturated heterocycles. The van der Waals surface area contributed by atoms with Crippen LogP contribution in [0.2, 0.25) is 0 Å². The fraction of sp³-hybridized carbons (Fsp3) is 0.267. The summed E-state index contributed by atoms with van der Waals surface area (Å²) in [7, 11) is 0. The zero-order valence-electron chi connectivity index (χ0n) is 11.0. The van der Waals surface area contributed by atoms with Crippen LogP contribution in [0, 0.1) is 5.82 Å². The topological polar surface area (TPSA) is 60.0 Å². The lowest BCUT2D eigenvalue weighted by molar-refractivity contribution is 0.101. The molecule has 1 aromatic heterocycles. The lowest BCUT2D eigenvalue weighted by atomic mass is 9.93. The van der Waals surface area contributed by atoms with Crippen molar-refractivity contribution in [2.24, 2.45) is 0 Å². The standard InChI is InChI=1S/C15H16FN3O/c16-12-7-6-10(9-13(12)17)18-15(20)14-5-2-8-19(14)11-3-1-4-11/h2,5-9,11H,1,3-4,17H2,(H,18,20). The van der Waals surface area contributed by atoms with Crippen LogP contribution < -0.4 is 11.1 Å². The molecule has 104 valence electrons. The van der Waals surface area contributed by atoms with Crippen molar-refractivity contribution in [3.8, 4) is 0 Å². The van der Waals surface area contributed by atoms with E-state index < -0.39 is 5.82 Å². The minimum absolute atomic E-state index is 0.0252. The van der Waals surface area contributed by atoms with Gasteiger partial charge in [-0.2, -0.15) is 0 Å². The van der Waals surface area contributed by atoms with Crippen molar-refractivity contribution in [3.05, 3.63) is 48.0 Å². The van der Waals surface area contributed by atoms with Gasteiger partial charge in [-0.15, -0.1) is 0 Å². The average Bonchev–Trinajstić information content (AvgIpc) is 2.81. The van der Waals surface area contributed by atoms with Crippen molar-refractivity contribution < 1.29 is 9.18 Å². The van der Waals surface area contributed by atoms with E-state index in [9.17, 15) is 9.18 Å². The van der Waals surface area contributed by atoms with Gasteiger partial charge in [0.1, 0.15) is 11.5 Å². The molecule has 2 aromatic rings. The number of nitrogens with zero attached hydrogens (tertiary/aromatic N) is 1. The summed E-state index contributed by atoms with van der Waals surface area (Å²) in [5.41, 5.74) is 6.64. The van der Waals surface area contributed by atoms with Gasteiger partial charge in [0.05, 0.1) is 5.69 Å². The van der Waals surface area contributed by atoms with Crippen LogP contribution in [0.4, 0.5) is 15.8 Å². The minimum Gasteiger partial charge on any atom is -0.396 e. The molecule has 1 aromatic carbocycles. The van der Waals surface area contributed by atoms with Gasteiger partial charge in [0, 0.05) is 17.9 Å². The molecule has 5 heteroatoms. The maximum Gasteiger partial charge on any atom is 0.272 e. The number of nitrogens with two attached hydrogens (primary N) is 1. The highest BCUT2D eigenvalue weighted by Crippen LogP contribution is 2.32. The quantitative estimate of drug-likeness (QED) is 0.844. The Morgan fingerprint density at radius 3 is 2.80 bits per heavy atom. The molecule has 0 bridgehead atoms. The van der Waals surface area contributed by atoms with Crippen LogP contribution in [0.25, 0.3) is 0 Å². The van der Waals surface area contributed by atoms with Crippen molar-refractivity contribution in [1.29, 1.82) is 0 Å². The van der Waals surface area contributed by atoms with E-state index in [0.29, 0.717) is 17.4 Å². The maximum atomic E-state index is 13.1. The van der Waals surface area contributed by atoms with Gasteiger partial charge in [-0.05, 0) is 49.6 Å². The molecule has 1 heterocycles. The van der Waals surface area contributed by atoms with Gasteiger partial charge in [0.15, 0.2) is 0 Å². The van der Waals surface area contributed by atoms with Crippen LogP contribution in [0.5, 0.6) is 0 Å². The Kier molecular flexibility index (Phi) is 3.18. The minimum atomic E-state index is -0.485. The second kappa shape index (κ2) is 5.00. The number of halogens is 1. The van der Waals surface area contributed by atoms with Crippen LogP contribution in [-0.2, 0) is 0 Å². The number of nitrogen functional groups attached to an aromatic ring is 1. The molecule has 1 amide bonds. The number of anilines is 2. The lowest BCUT2D eigenvalue weighted by Gasteiger charge is -2.28. The molecule has 1 aliphatic rings. The normalized spacial score (nSPS) is 14.8. The molecule has 0 unspecified atom stereocenters. The molecular formula is C15H16FN3O. The first-order chi connectivity index (χ1) is 9.65. The Bertz CT molecular complexity index is 646. The predicted molar refractivity (Wildman–Crippen MR) is 76.1 cm³/mol. The number of rotatable bonds is 3. The summed E-state index contributed by atoms with van der Waals surface area (Å²) < 4.78 is 15.1. The highest BCUT2D eigenvalue weighted by molar-refractivity contribution is 6.03. The first-order valence-electron chi connectivity index (χ1n) is 6.68. The number of benzene rings is 1. The van der Waals surface area contributed by atoms with E-state index >= 15 is 0 Å². The Hall–Kier alpha value is -2.30. The third-order valence-electron chi connectivity index (χ3n) is 3.73. The van der Waals surface area contributed by atoms with Crippen LogP contribution in [0.1, 0.15) is 35.8 Å². The third-order valence-corrected chi connectivity index (χ3v) is 3.73. The number of carbonyl (C=O) groups is 1. The van der Waals surface area contributed by atoms with Crippen LogP contribution in [0.3, 0.4) is 0 Å². The van der Waals surface area contributed by atoms with Gasteiger partial charge < -0.3 is 15.6 Å². The molecule has 1 fully saturated rings.